The van der Waals surface area contributed by atoms with Crippen molar-refractivity contribution in [3.63, 3.8) is 0 Å². The van der Waals surface area contributed by atoms with Gasteiger partial charge in [-0.15, -0.1) is 0 Å². The number of benzene rings is 1. The smallest absolute Gasteiger partial charge is 0.335 e. The van der Waals surface area contributed by atoms with Crippen LogP contribution in [-0.4, -0.2) is 55.4 Å². The van der Waals surface area contributed by atoms with Crippen molar-refractivity contribution in [2.75, 3.05) is 27.3 Å². The lowest BCUT2D eigenvalue weighted by Gasteiger charge is -2.24. The van der Waals surface area contributed by atoms with Gasteiger partial charge in [-0.05, 0) is 31.0 Å². The van der Waals surface area contributed by atoms with Crippen LogP contribution in [0.4, 0.5) is 4.79 Å². The van der Waals surface area contributed by atoms with Gasteiger partial charge in [0.1, 0.15) is 0 Å². The Morgan fingerprint density at radius 2 is 1.95 bits per heavy atom. The predicted octanol–water partition coefficient (Wildman–Crippen LogP) is 1.60. The molecule has 6 nitrogen and oxygen atoms in total. The summed E-state index contributed by atoms with van der Waals surface area (Å²) in [5.74, 6) is -0.941. The van der Waals surface area contributed by atoms with E-state index in [-0.39, 0.29) is 17.6 Å². The van der Waals surface area contributed by atoms with Crippen molar-refractivity contribution in [3.8, 4) is 0 Å². The van der Waals surface area contributed by atoms with Gasteiger partial charge in [-0.3, -0.25) is 0 Å². The number of amides is 2. The molecule has 0 bridgehead atoms. The Hall–Kier alpha value is -2.08. The molecule has 0 aliphatic rings. The molecule has 0 fully saturated rings. The Morgan fingerprint density at radius 3 is 2.48 bits per heavy atom. The number of ether oxygens (including phenoxy) is 1. The maximum absolute atomic E-state index is 11.9. The van der Waals surface area contributed by atoms with Crippen molar-refractivity contribution in [2.45, 2.75) is 19.4 Å². The molecule has 0 heterocycles. The van der Waals surface area contributed by atoms with Gasteiger partial charge in [0.2, 0.25) is 0 Å². The Labute approximate surface area is 124 Å². The fourth-order valence-corrected chi connectivity index (χ4v) is 1.81. The Balaban J connectivity index is 2.39. The summed E-state index contributed by atoms with van der Waals surface area (Å²) >= 11 is 0. The molecule has 0 spiro atoms. The number of aromatic carboxylic acids is 1. The number of carboxylic acids is 1. The van der Waals surface area contributed by atoms with Gasteiger partial charge < -0.3 is 20.1 Å². The van der Waals surface area contributed by atoms with Crippen LogP contribution < -0.4 is 5.32 Å². The number of rotatable bonds is 7. The second kappa shape index (κ2) is 8.26. The Bertz CT molecular complexity index is 473. The number of hydrogen-bond acceptors (Lipinski definition) is 3. The van der Waals surface area contributed by atoms with Crippen LogP contribution in [0.1, 0.15) is 22.8 Å². The van der Waals surface area contributed by atoms with E-state index in [2.05, 4.69) is 5.32 Å². The van der Waals surface area contributed by atoms with Crippen LogP contribution in [-0.2, 0) is 11.2 Å². The van der Waals surface area contributed by atoms with Gasteiger partial charge >= 0.3 is 12.0 Å². The molecule has 1 unspecified atom stereocenters. The van der Waals surface area contributed by atoms with Crippen LogP contribution in [0.2, 0.25) is 0 Å². The first-order valence-electron chi connectivity index (χ1n) is 6.77. The summed E-state index contributed by atoms with van der Waals surface area (Å²) in [7, 11) is 3.32. The van der Waals surface area contributed by atoms with Crippen molar-refractivity contribution in [2.24, 2.45) is 0 Å². The van der Waals surface area contributed by atoms with Crippen LogP contribution >= 0.6 is 0 Å². The summed E-state index contributed by atoms with van der Waals surface area (Å²) in [5, 5.41) is 11.6. The molecule has 0 aliphatic carbocycles. The third kappa shape index (κ3) is 5.43. The molecule has 21 heavy (non-hydrogen) atoms. The summed E-state index contributed by atoms with van der Waals surface area (Å²) in [5.41, 5.74) is 1.24. The first-order valence-corrected chi connectivity index (χ1v) is 6.77. The third-order valence-electron chi connectivity index (χ3n) is 3.28. The van der Waals surface area contributed by atoms with Crippen LogP contribution in [0.5, 0.6) is 0 Å². The molecule has 0 saturated carbocycles. The van der Waals surface area contributed by atoms with Crippen molar-refractivity contribution in [1.29, 1.82) is 0 Å². The lowest BCUT2D eigenvalue weighted by Crippen LogP contribution is -2.44. The standard InChI is InChI=1S/C15H22N2O4/c1-11(10-21-3)17(2)15(20)16-9-8-12-4-6-13(7-5-12)14(18)19/h4-7,11H,8-10H2,1-3H3,(H,16,20)(H,18,19). The van der Waals surface area contributed by atoms with E-state index in [4.69, 9.17) is 9.84 Å². The zero-order chi connectivity index (χ0) is 15.8. The van der Waals surface area contributed by atoms with Gasteiger partial charge in [-0.1, -0.05) is 12.1 Å². The van der Waals surface area contributed by atoms with Gasteiger partial charge in [0.25, 0.3) is 0 Å². The number of hydrogen-bond donors (Lipinski definition) is 2. The number of carboxylic acid groups (broad SMARTS) is 1. The highest BCUT2D eigenvalue weighted by Gasteiger charge is 2.14. The van der Waals surface area contributed by atoms with E-state index in [1.165, 1.54) is 0 Å². The third-order valence-corrected chi connectivity index (χ3v) is 3.28. The molecule has 0 radical (unpaired) electrons. The number of nitrogens with zero attached hydrogens (tertiary/aromatic N) is 1. The molecule has 1 aromatic rings. The normalized spacial score (nSPS) is 11.8. The van der Waals surface area contributed by atoms with E-state index >= 15 is 0 Å². The Morgan fingerprint density at radius 1 is 1.33 bits per heavy atom. The minimum atomic E-state index is -0.941. The van der Waals surface area contributed by atoms with Crippen LogP contribution in [0.25, 0.3) is 0 Å². The number of urea groups is 1. The maximum atomic E-state index is 11.9. The summed E-state index contributed by atoms with van der Waals surface area (Å²) in [6.07, 6.45) is 0.651. The van der Waals surface area contributed by atoms with Gasteiger partial charge in [-0.2, -0.15) is 0 Å². The van der Waals surface area contributed by atoms with E-state index in [0.717, 1.165) is 5.56 Å². The van der Waals surface area contributed by atoms with Gasteiger partial charge in [0.05, 0.1) is 18.2 Å². The zero-order valence-electron chi connectivity index (χ0n) is 12.6. The van der Waals surface area contributed by atoms with Crippen LogP contribution in [0.15, 0.2) is 24.3 Å². The molecule has 0 saturated heterocycles. The number of carbonyl (C=O) groups excluding carboxylic acids is 1. The van der Waals surface area contributed by atoms with Gasteiger partial charge in [-0.25, -0.2) is 9.59 Å². The van der Waals surface area contributed by atoms with Crippen molar-refractivity contribution < 1.29 is 19.4 Å². The highest BCUT2D eigenvalue weighted by atomic mass is 16.5. The van der Waals surface area contributed by atoms with Crippen molar-refractivity contribution in [1.82, 2.24) is 10.2 Å². The number of likely N-dealkylation sites (N-methyl/N-ethyl adjacent to an activating group) is 1. The summed E-state index contributed by atoms with van der Waals surface area (Å²) < 4.78 is 5.01. The molecule has 0 aliphatic heterocycles. The predicted molar refractivity (Wildman–Crippen MR) is 79.6 cm³/mol. The maximum Gasteiger partial charge on any atom is 0.335 e. The molecule has 1 aromatic carbocycles. The highest BCUT2D eigenvalue weighted by Crippen LogP contribution is 2.05. The van der Waals surface area contributed by atoms with E-state index < -0.39 is 5.97 Å². The monoisotopic (exact) mass is 294 g/mol. The summed E-state index contributed by atoms with van der Waals surface area (Å²) in [4.78, 5) is 24.2. The molecule has 0 aromatic heterocycles. The summed E-state index contributed by atoms with van der Waals surface area (Å²) in [6, 6.07) is 6.49. The molecule has 2 amide bonds. The second-order valence-electron chi connectivity index (χ2n) is 4.90. The number of carbonyl (C=O) groups is 2. The summed E-state index contributed by atoms with van der Waals surface area (Å²) in [6.45, 7) is 2.89. The molecular formula is C15H22N2O4. The van der Waals surface area contributed by atoms with Gasteiger partial charge in [0, 0.05) is 20.7 Å². The molecule has 1 rings (SSSR count). The number of methoxy groups -OCH3 is 1. The second-order valence-corrected chi connectivity index (χ2v) is 4.90. The highest BCUT2D eigenvalue weighted by molar-refractivity contribution is 5.87. The van der Waals surface area contributed by atoms with E-state index in [0.29, 0.717) is 19.6 Å². The zero-order valence-corrected chi connectivity index (χ0v) is 12.6. The molecular weight excluding hydrogens is 272 g/mol. The van der Waals surface area contributed by atoms with Crippen molar-refractivity contribution in [3.05, 3.63) is 35.4 Å². The minimum Gasteiger partial charge on any atom is -0.478 e. The molecule has 1 atom stereocenters. The Kier molecular flexibility index (Phi) is 6.68. The van der Waals surface area contributed by atoms with Crippen molar-refractivity contribution >= 4 is 12.0 Å². The van der Waals surface area contributed by atoms with E-state index in [1.807, 2.05) is 6.92 Å². The minimum absolute atomic E-state index is 0.00449. The quantitative estimate of drug-likeness (QED) is 0.800. The largest absolute Gasteiger partial charge is 0.478 e. The molecule has 2 N–H and O–H groups in total. The lowest BCUT2D eigenvalue weighted by atomic mass is 10.1. The molecule has 6 heteroatoms. The SMILES string of the molecule is COCC(C)N(C)C(=O)NCCc1ccc(C(=O)O)cc1. The van der Waals surface area contributed by atoms with E-state index in [1.54, 1.807) is 43.3 Å². The fraction of sp³-hybridized carbons (Fsp3) is 0.467. The molecule has 116 valence electrons. The average Bonchev–Trinajstić information content (AvgIpc) is 2.47. The number of nitrogens with one attached hydrogen (secondary N) is 1. The average molecular weight is 294 g/mol. The topological polar surface area (TPSA) is 78.9 Å². The van der Waals surface area contributed by atoms with Gasteiger partial charge in [0.15, 0.2) is 0 Å². The first-order chi connectivity index (χ1) is 9.95. The van der Waals surface area contributed by atoms with Crippen LogP contribution in [0, 0.1) is 0 Å². The fourth-order valence-electron chi connectivity index (χ4n) is 1.81. The van der Waals surface area contributed by atoms with E-state index in [9.17, 15) is 9.59 Å². The lowest BCUT2D eigenvalue weighted by molar-refractivity contribution is 0.0697. The first kappa shape index (κ1) is 17.0. The van der Waals surface area contributed by atoms with Crippen LogP contribution in [0.3, 0.4) is 0 Å².